The van der Waals surface area contributed by atoms with Gasteiger partial charge in [-0.15, -0.1) is 0 Å². The Morgan fingerprint density at radius 3 is 2.38 bits per heavy atom. The number of nitrogens with zero attached hydrogens (tertiary/aromatic N) is 3. The lowest BCUT2D eigenvalue weighted by atomic mass is 10.1. The molecule has 1 fully saturated rings. The second kappa shape index (κ2) is 13.5. The molecule has 0 unspecified atom stereocenters. The number of anilines is 1. The van der Waals surface area contributed by atoms with E-state index in [0.29, 0.717) is 31.9 Å². The Morgan fingerprint density at radius 2 is 1.79 bits per heavy atom. The Balaban J connectivity index is 1.80. The molecule has 3 aromatic rings. The van der Waals surface area contributed by atoms with Crippen LogP contribution in [0.3, 0.4) is 0 Å². The van der Waals surface area contributed by atoms with E-state index in [-0.39, 0.29) is 52.7 Å². The van der Waals surface area contributed by atoms with Gasteiger partial charge < -0.3 is 29.1 Å². The van der Waals surface area contributed by atoms with Crippen molar-refractivity contribution < 1.29 is 37.3 Å². The summed E-state index contributed by atoms with van der Waals surface area (Å²) in [5, 5.41) is 9.25. The number of aliphatic hydroxyl groups is 1. The first-order chi connectivity index (χ1) is 20.2. The predicted octanol–water partition coefficient (Wildman–Crippen LogP) is 3.09. The van der Waals surface area contributed by atoms with Crippen LogP contribution in [-0.4, -0.2) is 87.1 Å². The Kier molecular flexibility index (Phi) is 9.86. The molecule has 1 saturated heterocycles. The number of carbonyl (C=O) groups is 2. The summed E-state index contributed by atoms with van der Waals surface area (Å²) in [5.74, 6) is 0.380. The van der Waals surface area contributed by atoms with Crippen LogP contribution in [0, 0.1) is 0 Å². The number of para-hydroxylation sites is 2. The lowest BCUT2D eigenvalue weighted by Crippen LogP contribution is -2.48. The Hall–Kier alpha value is -4.36. The monoisotopic (exact) mass is 598 g/mol. The molecule has 4 rings (SSSR count). The zero-order chi connectivity index (χ0) is 30.3. The number of benzene rings is 2. The lowest BCUT2D eigenvalue weighted by Gasteiger charge is -2.32. The SMILES string of the molecule is COc1ccccc1Oc1c(NS(=O)(=O)c2ccc(C(C)C)cn2)cc(C(=O)N2CCN(C=O)CC2)cc1OCCO. The van der Waals surface area contributed by atoms with E-state index in [1.165, 1.54) is 31.5 Å². The van der Waals surface area contributed by atoms with Crippen molar-refractivity contribution in [3.8, 4) is 23.0 Å². The number of carbonyl (C=O) groups excluding carboxylic acids is 2. The summed E-state index contributed by atoms with van der Waals surface area (Å²) in [6, 6.07) is 12.7. The number of ether oxygens (including phenoxy) is 3. The van der Waals surface area contributed by atoms with Gasteiger partial charge in [0, 0.05) is 37.9 Å². The quantitative estimate of drug-likeness (QED) is 0.300. The maximum atomic E-state index is 13.5. The maximum Gasteiger partial charge on any atom is 0.279 e. The van der Waals surface area contributed by atoms with Crippen LogP contribution in [0.2, 0.25) is 0 Å². The van der Waals surface area contributed by atoms with E-state index in [4.69, 9.17) is 14.2 Å². The molecule has 2 aromatic carbocycles. The summed E-state index contributed by atoms with van der Waals surface area (Å²) in [4.78, 5) is 31.9. The third-order valence-electron chi connectivity index (χ3n) is 6.63. The number of aliphatic hydroxyl groups excluding tert-OH is 1. The molecule has 0 spiro atoms. The average molecular weight is 599 g/mol. The molecular formula is C29H34N4O8S. The van der Waals surface area contributed by atoms with E-state index in [1.807, 2.05) is 13.8 Å². The van der Waals surface area contributed by atoms with Crippen LogP contribution in [0.1, 0.15) is 35.7 Å². The van der Waals surface area contributed by atoms with E-state index in [1.54, 1.807) is 40.1 Å². The Morgan fingerprint density at radius 1 is 1.07 bits per heavy atom. The molecule has 2 N–H and O–H groups in total. The van der Waals surface area contributed by atoms with Crippen LogP contribution in [0.5, 0.6) is 23.0 Å². The first-order valence-electron chi connectivity index (χ1n) is 13.4. The first kappa shape index (κ1) is 30.6. The zero-order valence-electron chi connectivity index (χ0n) is 23.6. The smallest absolute Gasteiger partial charge is 0.279 e. The number of aromatic nitrogens is 1. The standard InChI is InChI=1S/C29H34N4O8S/c1-20(2)21-8-9-27(30-18-21)42(37,38)31-23-16-22(29(36)33-12-10-32(19-35)11-13-33)17-26(40-15-14-34)28(23)41-25-7-5-4-6-24(25)39-3/h4-9,16-20,31,34H,10-15H2,1-3H3. The highest BCUT2D eigenvalue weighted by Gasteiger charge is 2.27. The van der Waals surface area contributed by atoms with Crippen molar-refractivity contribution in [3.63, 3.8) is 0 Å². The summed E-state index contributed by atoms with van der Waals surface area (Å²) < 4.78 is 46.9. The van der Waals surface area contributed by atoms with Crippen molar-refractivity contribution in [2.24, 2.45) is 0 Å². The second-order valence-corrected chi connectivity index (χ2v) is 11.4. The molecule has 1 aromatic heterocycles. The predicted molar refractivity (Wildman–Crippen MR) is 155 cm³/mol. The van der Waals surface area contributed by atoms with Gasteiger partial charge in [0.25, 0.3) is 15.9 Å². The molecule has 2 amide bonds. The number of nitrogens with one attached hydrogen (secondary N) is 1. The third kappa shape index (κ3) is 7.09. The van der Waals surface area contributed by atoms with Crippen LogP contribution in [0.25, 0.3) is 0 Å². The molecule has 0 radical (unpaired) electrons. The second-order valence-electron chi connectivity index (χ2n) is 9.80. The third-order valence-corrected chi connectivity index (χ3v) is 7.91. The van der Waals surface area contributed by atoms with Crippen molar-refractivity contribution in [2.75, 3.05) is 51.2 Å². The average Bonchev–Trinajstić information content (AvgIpc) is 3.00. The van der Waals surface area contributed by atoms with Gasteiger partial charge in [0.1, 0.15) is 6.61 Å². The van der Waals surface area contributed by atoms with E-state index in [9.17, 15) is 23.1 Å². The van der Waals surface area contributed by atoms with Crippen LogP contribution < -0.4 is 18.9 Å². The molecule has 0 saturated carbocycles. The number of hydrogen-bond acceptors (Lipinski definition) is 9. The van der Waals surface area contributed by atoms with Crippen LogP contribution >= 0.6 is 0 Å². The normalized spacial score (nSPS) is 13.5. The Bertz CT molecular complexity index is 1500. The highest BCUT2D eigenvalue weighted by atomic mass is 32.2. The first-order valence-corrected chi connectivity index (χ1v) is 14.8. The largest absolute Gasteiger partial charge is 0.493 e. The van der Waals surface area contributed by atoms with Crippen LogP contribution in [0.4, 0.5) is 5.69 Å². The van der Waals surface area contributed by atoms with Gasteiger partial charge in [-0.3, -0.25) is 14.3 Å². The van der Waals surface area contributed by atoms with E-state index < -0.39 is 15.9 Å². The van der Waals surface area contributed by atoms with Gasteiger partial charge in [0.2, 0.25) is 6.41 Å². The number of piperazine rings is 1. The number of rotatable bonds is 12. The van der Waals surface area contributed by atoms with Crippen LogP contribution in [0.15, 0.2) is 59.8 Å². The number of pyridine rings is 1. The molecule has 0 bridgehead atoms. The molecular weight excluding hydrogens is 564 g/mol. The maximum absolute atomic E-state index is 13.5. The fourth-order valence-electron chi connectivity index (χ4n) is 4.28. The fourth-order valence-corrected chi connectivity index (χ4v) is 5.27. The Labute approximate surface area is 244 Å². The van der Waals surface area contributed by atoms with Crippen molar-refractivity contribution in [1.29, 1.82) is 0 Å². The highest BCUT2D eigenvalue weighted by molar-refractivity contribution is 7.92. The van der Waals surface area contributed by atoms with Gasteiger partial charge in [0.05, 0.1) is 19.4 Å². The minimum atomic E-state index is -4.25. The van der Waals surface area contributed by atoms with Crippen molar-refractivity contribution in [3.05, 3.63) is 65.9 Å². The van der Waals surface area contributed by atoms with E-state index >= 15 is 0 Å². The van der Waals surface area contributed by atoms with Crippen molar-refractivity contribution in [1.82, 2.24) is 14.8 Å². The summed E-state index contributed by atoms with van der Waals surface area (Å²) >= 11 is 0. The molecule has 1 aliphatic rings. The van der Waals surface area contributed by atoms with Gasteiger partial charge in [-0.2, -0.15) is 8.42 Å². The summed E-state index contributed by atoms with van der Waals surface area (Å²) in [6.45, 7) is 4.80. The van der Waals surface area contributed by atoms with Gasteiger partial charge in [-0.1, -0.05) is 32.0 Å². The molecule has 42 heavy (non-hydrogen) atoms. The van der Waals surface area contributed by atoms with E-state index in [0.717, 1.165) is 12.0 Å². The molecule has 0 aliphatic carbocycles. The number of hydrogen-bond donors (Lipinski definition) is 2. The van der Waals surface area contributed by atoms with Crippen LogP contribution in [-0.2, 0) is 14.8 Å². The summed E-state index contributed by atoms with van der Waals surface area (Å²) in [7, 11) is -2.78. The number of sulfonamides is 1. The van der Waals surface area contributed by atoms with Gasteiger partial charge in [0.15, 0.2) is 28.0 Å². The van der Waals surface area contributed by atoms with Gasteiger partial charge >= 0.3 is 0 Å². The molecule has 1 aliphatic heterocycles. The van der Waals surface area contributed by atoms with Gasteiger partial charge in [-0.05, 0) is 41.8 Å². The molecule has 2 heterocycles. The zero-order valence-corrected chi connectivity index (χ0v) is 24.5. The number of methoxy groups -OCH3 is 1. The topological polar surface area (TPSA) is 148 Å². The van der Waals surface area contributed by atoms with Crippen molar-refractivity contribution in [2.45, 2.75) is 24.8 Å². The van der Waals surface area contributed by atoms with Gasteiger partial charge in [-0.25, -0.2) is 4.98 Å². The minimum Gasteiger partial charge on any atom is -0.493 e. The highest BCUT2D eigenvalue weighted by Crippen LogP contribution is 2.43. The fraction of sp³-hybridized carbons (Fsp3) is 0.345. The summed E-state index contributed by atoms with van der Waals surface area (Å²) in [5.41, 5.74) is 0.910. The van der Waals surface area contributed by atoms with Crippen molar-refractivity contribution >= 4 is 28.0 Å². The van der Waals surface area contributed by atoms with E-state index in [2.05, 4.69) is 9.71 Å². The lowest BCUT2D eigenvalue weighted by molar-refractivity contribution is -0.119. The molecule has 13 heteroatoms. The summed E-state index contributed by atoms with van der Waals surface area (Å²) in [6.07, 6.45) is 2.24. The molecule has 12 nitrogen and oxygen atoms in total. The molecule has 0 atom stereocenters. The number of amides is 2. The molecule has 224 valence electrons. The minimum absolute atomic E-state index is 0.0214.